The van der Waals surface area contributed by atoms with E-state index in [1.54, 1.807) is 0 Å². The van der Waals surface area contributed by atoms with Crippen molar-refractivity contribution < 1.29 is 0 Å². The van der Waals surface area contributed by atoms with E-state index in [9.17, 15) is 0 Å². The summed E-state index contributed by atoms with van der Waals surface area (Å²) in [6.45, 7) is 40.5. The lowest BCUT2D eigenvalue weighted by Crippen LogP contribution is -2.51. The minimum atomic E-state index is 0.177. The van der Waals surface area contributed by atoms with Crippen LogP contribution < -0.4 is 22.1 Å². The van der Waals surface area contributed by atoms with E-state index >= 15 is 0 Å². The van der Waals surface area contributed by atoms with Crippen LogP contribution in [0.2, 0.25) is 0 Å². The zero-order chi connectivity index (χ0) is 39.3. The van der Waals surface area contributed by atoms with Crippen molar-refractivity contribution in [3.63, 3.8) is 0 Å². The normalized spacial score (nSPS) is 24.3. The monoisotopic (exact) mass is 709 g/mol. The molecular weight excluding hydrogens is 621 g/mol. The summed E-state index contributed by atoms with van der Waals surface area (Å²) in [6, 6.07) is 0.432. The topological polar surface area (TPSA) is 76.1 Å². The van der Waals surface area contributed by atoms with E-state index < -0.39 is 0 Å². The first-order chi connectivity index (χ1) is 23.8. The summed E-state index contributed by atoms with van der Waals surface area (Å²) < 4.78 is 0. The fourth-order valence-electron chi connectivity index (χ4n) is 10.7. The van der Waals surface area contributed by atoms with Crippen molar-refractivity contribution in [2.24, 2.45) is 56.3 Å². The fourth-order valence-corrected chi connectivity index (χ4v) is 10.7. The van der Waals surface area contributed by atoms with Crippen molar-refractivity contribution in [1.29, 1.82) is 0 Å². The molecule has 5 unspecified atom stereocenters. The molecule has 3 rings (SSSR count). The molecule has 0 amide bonds. The molecule has 0 aliphatic heterocycles. The Balaban J connectivity index is 0.00000170. The molecule has 0 aromatic carbocycles. The Bertz CT molecular complexity index is 1140. The molecule has 296 valence electrons. The largest absolute Gasteiger partial charge is 0.405 e. The van der Waals surface area contributed by atoms with E-state index in [-0.39, 0.29) is 10.8 Å². The Morgan fingerprint density at radius 1 is 0.980 bits per heavy atom. The highest BCUT2D eigenvalue weighted by Gasteiger charge is 2.82. The maximum atomic E-state index is 6.70. The van der Waals surface area contributed by atoms with E-state index in [0.29, 0.717) is 40.0 Å². The number of nitrogens with two attached hydrogens (primary N) is 2. The van der Waals surface area contributed by atoms with Crippen LogP contribution in [0, 0.1) is 44.8 Å². The van der Waals surface area contributed by atoms with Crippen LogP contribution in [-0.4, -0.2) is 19.6 Å². The van der Waals surface area contributed by atoms with E-state index in [2.05, 4.69) is 125 Å². The van der Waals surface area contributed by atoms with Crippen molar-refractivity contribution in [3.05, 3.63) is 60.6 Å². The Labute approximate surface area is 319 Å². The number of allylic oxidation sites excluding steroid dienone is 4. The van der Waals surface area contributed by atoms with Crippen LogP contribution in [0.4, 0.5) is 0 Å². The first kappa shape index (κ1) is 47.1. The second-order valence-electron chi connectivity index (χ2n) is 18.9. The zero-order valence-corrected chi connectivity index (χ0v) is 36.4. The van der Waals surface area contributed by atoms with Gasteiger partial charge < -0.3 is 22.1 Å². The molecule has 1 spiro atoms. The van der Waals surface area contributed by atoms with E-state index in [1.165, 1.54) is 107 Å². The zero-order valence-electron chi connectivity index (χ0n) is 36.4. The summed E-state index contributed by atoms with van der Waals surface area (Å²) in [7, 11) is 2.20. The third-order valence-corrected chi connectivity index (χ3v) is 14.1. The summed E-state index contributed by atoms with van der Waals surface area (Å²) in [5.41, 5.74) is 17.6. The Hall–Kier alpha value is -1.94. The van der Waals surface area contributed by atoms with Crippen molar-refractivity contribution in [2.75, 3.05) is 13.6 Å². The molecule has 0 aromatic heterocycles. The summed E-state index contributed by atoms with van der Waals surface area (Å²) in [5, 5.41) is 7.99. The first-order valence-corrected chi connectivity index (χ1v) is 20.9. The molecule has 3 aliphatic carbocycles. The summed E-state index contributed by atoms with van der Waals surface area (Å²) in [4.78, 5) is 0. The van der Waals surface area contributed by atoms with E-state index in [4.69, 9.17) is 5.73 Å². The Kier molecular flexibility index (Phi) is 18.9. The standard InChI is InChI=1S/C41H75N3.C4H8.C2H5N/c1-13-21-34(33(42)14-2)44-36(31-22-17-16-18-23-31)35(37(6,7)8)32(24-19-25-39(11,15-3)30(4)5)28-41(29-43-12)38(9,10)40(41)26-20-27-40;1-4(2)3;1-2-3/h14,21,31-32,35-36,43-44H,4,13,15-20,22-29,42H2,1-3,5-12H3;1H2,2-3H3;2H,1,3H2/b33-14-,34-21?;;. The van der Waals surface area contributed by atoms with Gasteiger partial charge in [-0.3, -0.25) is 0 Å². The molecular formula is C47H88N4. The van der Waals surface area contributed by atoms with Crippen LogP contribution in [0.15, 0.2) is 60.6 Å². The molecule has 51 heavy (non-hydrogen) atoms. The molecule has 3 fully saturated rings. The molecule has 4 heteroatoms. The molecule has 0 bridgehead atoms. The summed E-state index contributed by atoms with van der Waals surface area (Å²) in [5.74, 6) is 1.92. The summed E-state index contributed by atoms with van der Waals surface area (Å²) in [6.07, 6.45) is 24.1. The summed E-state index contributed by atoms with van der Waals surface area (Å²) >= 11 is 0. The van der Waals surface area contributed by atoms with Gasteiger partial charge in [0.1, 0.15) is 0 Å². The van der Waals surface area contributed by atoms with Crippen molar-refractivity contribution >= 4 is 0 Å². The minimum absolute atomic E-state index is 0.177. The van der Waals surface area contributed by atoms with Crippen LogP contribution in [0.3, 0.4) is 0 Å². The van der Waals surface area contributed by atoms with Gasteiger partial charge in [0.05, 0.1) is 11.4 Å². The van der Waals surface area contributed by atoms with Gasteiger partial charge in [-0.2, -0.15) is 0 Å². The highest BCUT2D eigenvalue weighted by atomic mass is 15.0. The average molecular weight is 709 g/mol. The third kappa shape index (κ3) is 11.3. The van der Waals surface area contributed by atoms with Gasteiger partial charge in [0.2, 0.25) is 0 Å². The predicted octanol–water partition coefficient (Wildman–Crippen LogP) is 12.6. The molecule has 0 heterocycles. The smallest absolute Gasteiger partial charge is 0.0532 e. The molecule has 0 saturated heterocycles. The highest BCUT2D eigenvalue weighted by Crippen LogP contribution is 2.87. The molecule has 0 aromatic rings. The Morgan fingerprint density at radius 2 is 1.53 bits per heavy atom. The average Bonchev–Trinajstić information content (AvgIpc) is 3.47. The van der Waals surface area contributed by atoms with Gasteiger partial charge in [0.25, 0.3) is 0 Å². The van der Waals surface area contributed by atoms with Gasteiger partial charge in [-0.15, -0.1) is 6.58 Å². The molecule has 4 nitrogen and oxygen atoms in total. The number of hydrogen-bond acceptors (Lipinski definition) is 4. The number of nitrogens with one attached hydrogen (secondary N) is 2. The van der Waals surface area contributed by atoms with E-state index in [0.717, 1.165) is 18.7 Å². The molecule has 5 atom stereocenters. The van der Waals surface area contributed by atoms with Crippen LogP contribution in [0.5, 0.6) is 0 Å². The third-order valence-electron chi connectivity index (χ3n) is 14.1. The number of rotatable bonds is 17. The van der Waals surface area contributed by atoms with Crippen LogP contribution in [0.25, 0.3) is 0 Å². The van der Waals surface area contributed by atoms with Crippen molar-refractivity contribution in [2.45, 2.75) is 179 Å². The molecule has 3 saturated carbocycles. The maximum Gasteiger partial charge on any atom is 0.0532 e. The van der Waals surface area contributed by atoms with Gasteiger partial charge in [0, 0.05) is 12.6 Å². The molecule has 3 aliphatic rings. The van der Waals surface area contributed by atoms with Crippen LogP contribution in [0.1, 0.15) is 173 Å². The van der Waals surface area contributed by atoms with Crippen molar-refractivity contribution in [3.8, 4) is 0 Å². The first-order valence-electron chi connectivity index (χ1n) is 20.9. The lowest BCUT2D eigenvalue weighted by molar-refractivity contribution is 0.0391. The lowest BCUT2D eigenvalue weighted by Gasteiger charge is -2.49. The van der Waals surface area contributed by atoms with Gasteiger partial charge in [-0.25, -0.2) is 0 Å². The second-order valence-corrected chi connectivity index (χ2v) is 18.9. The Morgan fingerprint density at radius 3 is 1.90 bits per heavy atom. The van der Waals surface area contributed by atoms with E-state index in [1.807, 2.05) is 13.8 Å². The fraction of sp³-hybridized carbons (Fsp3) is 0.787. The number of hydrogen-bond donors (Lipinski definition) is 4. The van der Waals surface area contributed by atoms with Gasteiger partial charge in [-0.1, -0.05) is 130 Å². The van der Waals surface area contributed by atoms with Gasteiger partial charge in [-0.05, 0) is 137 Å². The van der Waals surface area contributed by atoms with Crippen LogP contribution in [-0.2, 0) is 0 Å². The second kappa shape index (κ2) is 20.5. The molecule has 6 N–H and O–H groups in total. The highest BCUT2D eigenvalue weighted by molar-refractivity contribution is 5.31. The van der Waals surface area contributed by atoms with Gasteiger partial charge in [0.15, 0.2) is 0 Å². The SMILES string of the molecule is C=C(C)C.C=C(C)C(C)(CC)CCCC(CC1(CNC)C(C)(C)C12CCC2)C(C(NC(=CCC)/C(N)=C/C)C1CCCCC1)C(C)(C)C.C=CN. The molecule has 0 radical (unpaired) electrons. The lowest BCUT2D eigenvalue weighted by atomic mass is 9.60. The minimum Gasteiger partial charge on any atom is -0.405 e. The van der Waals surface area contributed by atoms with Gasteiger partial charge >= 0.3 is 0 Å². The van der Waals surface area contributed by atoms with Crippen LogP contribution >= 0.6 is 0 Å². The predicted molar refractivity (Wildman–Crippen MR) is 229 cm³/mol. The van der Waals surface area contributed by atoms with Crippen molar-refractivity contribution in [1.82, 2.24) is 10.6 Å². The quantitative estimate of drug-likeness (QED) is 0.0896. The maximum absolute atomic E-state index is 6.70.